The minimum absolute atomic E-state index is 0.0452. The summed E-state index contributed by atoms with van der Waals surface area (Å²) in [5.41, 5.74) is 2.69. The molecule has 0 saturated heterocycles. The van der Waals surface area contributed by atoms with E-state index in [1.165, 1.54) is 36.5 Å². The second-order valence-electron chi connectivity index (χ2n) is 6.29. The van der Waals surface area contributed by atoms with E-state index in [-0.39, 0.29) is 24.1 Å². The van der Waals surface area contributed by atoms with Crippen molar-refractivity contribution >= 4 is 5.91 Å². The molecule has 1 aromatic carbocycles. The van der Waals surface area contributed by atoms with Crippen molar-refractivity contribution in [2.45, 2.75) is 26.9 Å². The third-order valence-electron chi connectivity index (χ3n) is 4.43. The van der Waals surface area contributed by atoms with Gasteiger partial charge in [0.2, 0.25) is 0 Å². The number of aryl methyl sites for hydroxylation is 1. The highest BCUT2D eigenvalue weighted by Crippen LogP contribution is 2.23. The Bertz CT molecular complexity index is 960. The lowest BCUT2D eigenvalue weighted by atomic mass is 10.2. The zero-order chi connectivity index (χ0) is 19.7. The van der Waals surface area contributed by atoms with Crippen LogP contribution < -0.4 is 0 Å². The van der Waals surface area contributed by atoms with Gasteiger partial charge >= 0.3 is 6.55 Å². The summed E-state index contributed by atoms with van der Waals surface area (Å²) in [6.45, 7) is 0.874. The number of aromatic nitrogens is 3. The van der Waals surface area contributed by atoms with Gasteiger partial charge in [-0.2, -0.15) is 8.78 Å². The van der Waals surface area contributed by atoms with Crippen molar-refractivity contribution in [1.29, 1.82) is 0 Å². The average Bonchev–Trinajstić information content (AvgIpc) is 3.20. The molecule has 0 fully saturated rings. The van der Waals surface area contributed by atoms with Gasteiger partial charge in [0.05, 0.1) is 12.1 Å². The van der Waals surface area contributed by atoms with Crippen LogP contribution in [-0.4, -0.2) is 32.0 Å². The molecular weight excluding hydrogens is 357 g/mol. The summed E-state index contributed by atoms with van der Waals surface area (Å²) in [6.07, 6.45) is 2.46. The zero-order valence-electron chi connectivity index (χ0n) is 15.2. The molecule has 3 aromatic rings. The maximum Gasteiger partial charge on any atom is 0.319 e. The summed E-state index contributed by atoms with van der Waals surface area (Å²) in [4.78, 5) is 18.1. The number of nitrogens with zero attached hydrogens (tertiary/aromatic N) is 4. The number of hydrogen-bond acceptors (Lipinski definition) is 2. The second-order valence-corrected chi connectivity index (χ2v) is 6.29. The van der Waals surface area contributed by atoms with E-state index < -0.39 is 6.55 Å². The van der Waals surface area contributed by atoms with Gasteiger partial charge in [-0.05, 0) is 44.2 Å². The Morgan fingerprint density at radius 3 is 2.52 bits per heavy atom. The van der Waals surface area contributed by atoms with Crippen LogP contribution in [0.4, 0.5) is 13.2 Å². The number of benzene rings is 1. The van der Waals surface area contributed by atoms with Crippen molar-refractivity contribution in [2.75, 3.05) is 7.05 Å². The standard InChI is InChI=1S/C19H19F3N4O/c1-12-10-16(13(2)26(12)15-6-4-14(20)5-7-15)18(27)24(3)11-17-23-8-9-25(17)19(21)22/h4-10,19H,11H2,1-3H3. The fourth-order valence-electron chi connectivity index (χ4n) is 3.10. The van der Waals surface area contributed by atoms with E-state index in [0.717, 1.165) is 15.9 Å². The molecule has 0 N–H and O–H groups in total. The number of hydrogen-bond donors (Lipinski definition) is 0. The lowest BCUT2D eigenvalue weighted by molar-refractivity contribution is 0.0612. The molecule has 0 radical (unpaired) electrons. The predicted molar refractivity (Wildman–Crippen MR) is 94.5 cm³/mol. The minimum Gasteiger partial charge on any atom is -0.334 e. The van der Waals surface area contributed by atoms with Crippen LogP contribution in [-0.2, 0) is 6.54 Å². The van der Waals surface area contributed by atoms with E-state index in [9.17, 15) is 18.0 Å². The first-order valence-electron chi connectivity index (χ1n) is 8.29. The predicted octanol–water partition coefficient (Wildman–Crippen LogP) is 4.10. The van der Waals surface area contributed by atoms with Crippen LogP contribution in [0.15, 0.2) is 42.7 Å². The molecule has 27 heavy (non-hydrogen) atoms. The molecule has 0 aliphatic carbocycles. The van der Waals surface area contributed by atoms with Gasteiger partial charge in [-0.1, -0.05) is 0 Å². The number of carbonyl (C=O) groups excluding carboxylic acids is 1. The molecule has 1 amide bonds. The van der Waals surface area contributed by atoms with Gasteiger partial charge in [0.25, 0.3) is 5.91 Å². The summed E-state index contributed by atoms with van der Waals surface area (Å²) in [5.74, 6) is -0.541. The maximum atomic E-state index is 13.2. The average molecular weight is 376 g/mol. The number of rotatable bonds is 5. The molecule has 142 valence electrons. The smallest absolute Gasteiger partial charge is 0.319 e. The minimum atomic E-state index is -2.71. The Morgan fingerprint density at radius 2 is 1.89 bits per heavy atom. The Balaban J connectivity index is 1.88. The maximum absolute atomic E-state index is 13.2. The largest absolute Gasteiger partial charge is 0.334 e. The van der Waals surface area contributed by atoms with Crippen LogP contribution >= 0.6 is 0 Å². The number of halogens is 3. The molecule has 0 bridgehead atoms. The fraction of sp³-hybridized carbons (Fsp3) is 0.263. The molecule has 0 unspecified atom stereocenters. The monoisotopic (exact) mass is 376 g/mol. The van der Waals surface area contributed by atoms with Crippen LogP contribution in [0, 0.1) is 19.7 Å². The van der Waals surface area contributed by atoms with Gasteiger partial charge in [-0.3, -0.25) is 9.36 Å². The van der Waals surface area contributed by atoms with Crippen LogP contribution in [0.25, 0.3) is 5.69 Å². The molecule has 0 saturated carbocycles. The SMILES string of the molecule is Cc1cc(C(=O)N(C)Cc2nccn2C(F)F)c(C)n1-c1ccc(F)cc1. The van der Waals surface area contributed by atoms with E-state index in [1.807, 2.05) is 11.5 Å². The van der Waals surface area contributed by atoms with Crippen molar-refractivity contribution in [3.8, 4) is 5.69 Å². The highest BCUT2D eigenvalue weighted by molar-refractivity contribution is 5.95. The van der Waals surface area contributed by atoms with Gasteiger partial charge < -0.3 is 9.47 Å². The molecular formula is C19H19F3N4O. The van der Waals surface area contributed by atoms with Crippen molar-refractivity contribution in [3.63, 3.8) is 0 Å². The van der Waals surface area contributed by atoms with Gasteiger partial charge in [0.15, 0.2) is 0 Å². The molecule has 2 heterocycles. The second kappa shape index (κ2) is 7.30. The third kappa shape index (κ3) is 3.60. The first-order chi connectivity index (χ1) is 12.8. The Morgan fingerprint density at radius 1 is 1.22 bits per heavy atom. The Hall–Kier alpha value is -3.03. The Kier molecular flexibility index (Phi) is 5.07. The molecule has 0 aliphatic rings. The zero-order valence-corrected chi connectivity index (χ0v) is 15.2. The summed E-state index contributed by atoms with van der Waals surface area (Å²) in [5, 5.41) is 0. The van der Waals surface area contributed by atoms with E-state index in [1.54, 1.807) is 25.1 Å². The van der Waals surface area contributed by atoms with Crippen molar-refractivity contribution < 1.29 is 18.0 Å². The lowest BCUT2D eigenvalue weighted by Gasteiger charge is -2.18. The van der Waals surface area contributed by atoms with E-state index in [4.69, 9.17) is 0 Å². The van der Waals surface area contributed by atoms with Crippen LogP contribution in [0.3, 0.4) is 0 Å². The lowest BCUT2D eigenvalue weighted by Crippen LogP contribution is -2.28. The van der Waals surface area contributed by atoms with E-state index >= 15 is 0 Å². The molecule has 5 nitrogen and oxygen atoms in total. The van der Waals surface area contributed by atoms with E-state index in [0.29, 0.717) is 11.3 Å². The highest BCUT2D eigenvalue weighted by Gasteiger charge is 2.22. The summed E-state index contributed by atoms with van der Waals surface area (Å²) < 4.78 is 41.7. The molecule has 8 heteroatoms. The van der Waals surface area contributed by atoms with Crippen LogP contribution in [0.1, 0.15) is 34.1 Å². The molecule has 0 aliphatic heterocycles. The number of imidazole rings is 1. The Labute approximate surface area is 154 Å². The van der Waals surface area contributed by atoms with E-state index in [2.05, 4.69) is 4.98 Å². The normalized spacial score (nSPS) is 11.2. The number of carbonyl (C=O) groups is 1. The number of amides is 1. The quantitative estimate of drug-likeness (QED) is 0.673. The summed E-state index contributed by atoms with van der Waals surface area (Å²) in [6, 6.07) is 7.70. The van der Waals surface area contributed by atoms with Gasteiger partial charge in [0.1, 0.15) is 11.6 Å². The topological polar surface area (TPSA) is 43.1 Å². The van der Waals surface area contributed by atoms with Crippen LogP contribution in [0.2, 0.25) is 0 Å². The van der Waals surface area contributed by atoms with Crippen molar-refractivity contribution in [2.24, 2.45) is 0 Å². The van der Waals surface area contributed by atoms with Gasteiger partial charge in [-0.15, -0.1) is 0 Å². The molecule has 0 atom stereocenters. The number of alkyl halides is 2. The summed E-state index contributed by atoms with van der Waals surface area (Å²) >= 11 is 0. The first kappa shape index (κ1) is 18.8. The molecule has 2 aromatic heterocycles. The first-order valence-corrected chi connectivity index (χ1v) is 8.29. The van der Waals surface area contributed by atoms with Crippen molar-refractivity contribution in [1.82, 2.24) is 19.0 Å². The fourth-order valence-corrected chi connectivity index (χ4v) is 3.10. The molecule has 3 rings (SSSR count). The third-order valence-corrected chi connectivity index (χ3v) is 4.43. The van der Waals surface area contributed by atoms with Crippen molar-refractivity contribution in [3.05, 3.63) is 71.3 Å². The van der Waals surface area contributed by atoms with Gasteiger partial charge in [0, 0.05) is 36.5 Å². The van der Waals surface area contributed by atoms with Crippen LogP contribution in [0.5, 0.6) is 0 Å². The summed E-state index contributed by atoms with van der Waals surface area (Å²) in [7, 11) is 1.54. The van der Waals surface area contributed by atoms with Gasteiger partial charge in [-0.25, -0.2) is 9.37 Å². The molecule has 0 spiro atoms. The highest BCUT2D eigenvalue weighted by atomic mass is 19.3.